The van der Waals surface area contributed by atoms with Gasteiger partial charge < -0.3 is 4.57 Å². The fraction of sp³-hybridized carbons (Fsp3) is 0.235. The van der Waals surface area contributed by atoms with Crippen molar-refractivity contribution in [1.82, 2.24) is 18.7 Å². The molecule has 0 saturated carbocycles. The number of allylic oxidation sites excluding steroid dienone is 1. The Labute approximate surface area is 141 Å². The van der Waals surface area contributed by atoms with Crippen LogP contribution in [0.4, 0.5) is 8.78 Å². The third-order valence-electron chi connectivity index (χ3n) is 3.85. The number of benzene rings is 1. The number of imidazole rings is 1. The number of nitrogens with zero attached hydrogens (tertiary/aromatic N) is 4. The summed E-state index contributed by atoms with van der Waals surface area (Å²) in [5.74, 6) is -2.12. The molecule has 3 rings (SSSR count). The monoisotopic (exact) mass is 346 g/mol. The summed E-state index contributed by atoms with van der Waals surface area (Å²) in [5, 5.41) is 0. The topological polar surface area (TPSA) is 61.8 Å². The van der Waals surface area contributed by atoms with Crippen molar-refractivity contribution in [3.63, 3.8) is 0 Å². The molecule has 0 atom stereocenters. The van der Waals surface area contributed by atoms with Crippen LogP contribution in [-0.4, -0.2) is 18.7 Å². The van der Waals surface area contributed by atoms with Crippen LogP contribution in [-0.2, 0) is 6.54 Å². The molecule has 0 amide bonds. The minimum Gasteiger partial charge on any atom is -0.321 e. The van der Waals surface area contributed by atoms with Crippen LogP contribution in [0, 0.1) is 11.6 Å². The van der Waals surface area contributed by atoms with E-state index in [4.69, 9.17) is 0 Å². The van der Waals surface area contributed by atoms with Gasteiger partial charge >= 0.3 is 5.69 Å². The van der Waals surface area contributed by atoms with Crippen molar-refractivity contribution in [1.29, 1.82) is 0 Å². The van der Waals surface area contributed by atoms with Crippen molar-refractivity contribution in [2.45, 2.75) is 26.4 Å². The minimum absolute atomic E-state index is 0.0831. The lowest BCUT2D eigenvalue weighted by atomic mass is 10.3. The van der Waals surface area contributed by atoms with Crippen LogP contribution in [0.15, 0.2) is 46.8 Å². The van der Waals surface area contributed by atoms with Crippen molar-refractivity contribution in [3.05, 3.63) is 69.7 Å². The number of fused-ring (bicyclic) bond motifs is 1. The first-order valence-electron chi connectivity index (χ1n) is 7.65. The summed E-state index contributed by atoms with van der Waals surface area (Å²) in [6.45, 7) is 7.34. The zero-order valence-corrected chi connectivity index (χ0v) is 13.7. The average Bonchev–Trinajstić information content (AvgIpc) is 2.94. The van der Waals surface area contributed by atoms with Gasteiger partial charge in [-0.3, -0.25) is 9.36 Å². The Balaban J connectivity index is 2.49. The summed E-state index contributed by atoms with van der Waals surface area (Å²) >= 11 is 0. The van der Waals surface area contributed by atoms with Gasteiger partial charge in [0.1, 0.15) is 0 Å². The number of hydrogen-bond acceptors (Lipinski definition) is 3. The van der Waals surface area contributed by atoms with E-state index < -0.39 is 28.9 Å². The SMILES string of the molecule is C=CCn1cnc2c1c(=O)n(C(C)C)c(=O)n2-c1ccc(F)c(F)c1. The predicted octanol–water partition coefficient (Wildman–Crippen LogP) is 2.39. The van der Waals surface area contributed by atoms with Gasteiger partial charge in [-0.25, -0.2) is 23.1 Å². The lowest BCUT2D eigenvalue weighted by Crippen LogP contribution is -2.41. The lowest BCUT2D eigenvalue weighted by Gasteiger charge is -2.14. The van der Waals surface area contributed by atoms with Crippen LogP contribution in [0.3, 0.4) is 0 Å². The molecule has 0 radical (unpaired) electrons. The van der Waals surface area contributed by atoms with E-state index in [2.05, 4.69) is 11.6 Å². The second kappa shape index (κ2) is 6.12. The maximum absolute atomic E-state index is 13.7. The van der Waals surface area contributed by atoms with Crippen LogP contribution in [0.25, 0.3) is 16.9 Å². The van der Waals surface area contributed by atoms with Crippen molar-refractivity contribution in [3.8, 4) is 5.69 Å². The Morgan fingerprint density at radius 2 is 1.96 bits per heavy atom. The molecule has 0 bridgehead atoms. The summed E-state index contributed by atoms with van der Waals surface area (Å²) in [6, 6.07) is 2.67. The van der Waals surface area contributed by atoms with Crippen LogP contribution in [0.1, 0.15) is 19.9 Å². The number of halogens is 2. The van der Waals surface area contributed by atoms with E-state index in [1.165, 1.54) is 12.4 Å². The van der Waals surface area contributed by atoms with E-state index in [0.717, 1.165) is 21.3 Å². The molecule has 3 aromatic rings. The molecule has 1 aromatic carbocycles. The molecular weight excluding hydrogens is 330 g/mol. The maximum atomic E-state index is 13.7. The van der Waals surface area contributed by atoms with E-state index in [1.807, 2.05) is 0 Å². The van der Waals surface area contributed by atoms with Gasteiger partial charge in [-0.05, 0) is 26.0 Å². The zero-order chi connectivity index (χ0) is 18.3. The molecule has 130 valence electrons. The van der Waals surface area contributed by atoms with Gasteiger partial charge in [-0.1, -0.05) is 6.08 Å². The van der Waals surface area contributed by atoms with Gasteiger partial charge in [0.25, 0.3) is 5.56 Å². The Kier molecular flexibility index (Phi) is 4.12. The molecule has 25 heavy (non-hydrogen) atoms. The number of hydrogen-bond donors (Lipinski definition) is 0. The first-order chi connectivity index (χ1) is 11.9. The van der Waals surface area contributed by atoms with Crippen LogP contribution < -0.4 is 11.2 Å². The summed E-state index contributed by atoms with van der Waals surface area (Å²) < 4.78 is 30.6. The van der Waals surface area contributed by atoms with Gasteiger partial charge in [-0.15, -0.1) is 6.58 Å². The number of aromatic nitrogens is 4. The molecule has 0 saturated heterocycles. The summed E-state index contributed by atoms with van der Waals surface area (Å²) in [4.78, 5) is 29.8. The summed E-state index contributed by atoms with van der Waals surface area (Å²) in [6.07, 6.45) is 3.00. The van der Waals surface area contributed by atoms with E-state index in [1.54, 1.807) is 24.5 Å². The van der Waals surface area contributed by atoms with Crippen LogP contribution >= 0.6 is 0 Å². The Hall–Kier alpha value is -3.03. The van der Waals surface area contributed by atoms with E-state index in [-0.39, 0.29) is 16.9 Å². The Morgan fingerprint density at radius 3 is 2.56 bits per heavy atom. The van der Waals surface area contributed by atoms with Crippen molar-refractivity contribution in [2.24, 2.45) is 0 Å². The predicted molar refractivity (Wildman–Crippen MR) is 90.1 cm³/mol. The van der Waals surface area contributed by atoms with E-state index >= 15 is 0 Å². The van der Waals surface area contributed by atoms with Crippen LogP contribution in [0.2, 0.25) is 0 Å². The molecule has 0 aliphatic rings. The maximum Gasteiger partial charge on any atom is 0.337 e. The molecule has 0 N–H and O–H groups in total. The zero-order valence-electron chi connectivity index (χ0n) is 13.7. The second-order valence-corrected chi connectivity index (χ2v) is 5.84. The molecule has 2 aromatic heterocycles. The number of rotatable bonds is 4. The smallest absolute Gasteiger partial charge is 0.321 e. The molecule has 0 spiro atoms. The summed E-state index contributed by atoms with van der Waals surface area (Å²) in [7, 11) is 0. The fourth-order valence-electron chi connectivity index (χ4n) is 2.74. The standard InChI is InChI=1S/C17H16F2N4O2/c1-4-7-21-9-20-15-14(21)16(24)22(10(2)3)17(25)23(15)11-5-6-12(18)13(19)8-11/h4-6,8-10H,1,7H2,2-3H3. The third kappa shape index (κ3) is 2.59. The highest BCUT2D eigenvalue weighted by atomic mass is 19.2. The largest absolute Gasteiger partial charge is 0.337 e. The van der Waals surface area contributed by atoms with Gasteiger partial charge in [0.05, 0.1) is 12.0 Å². The van der Waals surface area contributed by atoms with Gasteiger partial charge in [-0.2, -0.15) is 0 Å². The van der Waals surface area contributed by atoms with Gasteiger partial charge in [0, 0.05) is 18.7 Å². The molecule has 0 aliphatic carbocycles. The first kappa shape index (κ1) is 16.8. The van der Waals surface area contributed by atoms with Crippen LogP contribution in [0.5, 0.6) is 0 Å². The molecule has 6 nitrogen and oxygen atoms in total. The molecule has 0 fully saturated rings. The average molecular weight is 346 g/mol. The second-order valence-electron chi connectivity index (χ2n) is 5.84. The van der Waals surface area contributed by atoms with Gasteiger partial charge in [0.2, 0.25) is 0 Å². The third-order valence-corrected chi connectivity index (χ3v) is 3.85. The van der Waals surface area contributed by atoms with Crippen molar-refractivity contribution in [2.75, 3.05) is 0 Å². The first-order valence-corrected chi connectivity index (χ1v) is 7.65. The molecule has 0 aliphatic heterocycles. The Morgan fingerprint density at radius 1 is 1.24 bits per heavy atom. The molecular formula is C17H16F2N4O2. The summed E-state index contributed by atoms with van der Waals surface area (Å²) in [5.41, 5.74) is -0.791. The highest BCUT2D eigenvalue weighted by molar-refractivity contribution is 5.72. The normalized spacial score (nSPS) is 11.4. The van der Waals surface area contributed by atoms with Crippen molar-refractivity contribution >= 4 is 11.2 Å². The minimum atomic E-state index is -1.09. The molecule has 0 unspecified atom stereocenters. The van der Waals surface area contributed by atoms with E-state index in [9.17, 15) is 18.4 Å². The quantitative estimate of drug-likeness (QED) is 0.682. The van der Waals surface area contributed by atoms with Gasteiger partial charge in [0.15, 0.2) is 22.8 Å². The van der Waals surface area contributed by atoms with E-state index in [0.29, 0.717) is 6.54 Å². The highest BCUT2D eigenvalue weighted by Crippen LogP contribution is 2.16. The lowest BCUT2D eigenvalue weighted by molar-refractivity contribution is 0.506. The molecule has 8 heteroatoms. The Bertz CT molecular complexity index is 1090. The fourth-order valence-corrected chi connectivity index (χ4v) is 2.74. The molecule has 2 heterocycles. The van der Waals surface area contributed by atoms with Crippen molar-refractivity contribution < 1.29 is 8.78 Å². The highest BCUT2D eigenvalue weighted by Gasteiger charge is 2.20.